The zero-order chi connectivity index (χ0) is 26.2. The Kier molecular flexibility index (Phi) is 9.02. The lowest BCUT2D eigenvalue weighted by atomic mass is 9.99. The highest BCUT2D eigenvalue weighted by molar-refractivity contribution is 5.42. The van der Waals surface area contributed by atoms with Gasteiger partial charge in [0, 0.05) is 0 Å². The fourth-order valence-corrected chi connectivity index (χ4v) is 4.18. The molecule has 0 spiro atoms. The molecule has 4 rings (SSSR count). The number of phenols is 4. The van der Waals surface area contributed by atoms with Crippen LogP contribution < -0.4 is 0 Å². The van der Waals surface area contributed by atoms with Crippen LogP contribution in [0.3, 0.4) is 0 Å². The number of hydrogen-bond acceptors (Lipinski definition) is 4. The number of phenolic OH excluding ortho intramolecular Hbond substituents is 4. The van der Waals surface area contributed by atoms with Crippen molar-refractivity contribution in [3.8, 4) is 23.0 Å². The predicted molar refractivity (Wildman–Crippen MR) is 146 cm³/mol. The van der Waals surface area contributed by atoms with Crippen molar-refractivity contribution in [1.29, 1.82) is 0 Å². The van der Waals surface area contributed by atoms with Crippen molar-refractivity contribution in [3.63, 3.8) is 0 Å². The van der Waals surface area contributed by atoms with Crippen molar-refractivity contribution >= 4 is 0 Å². The molecule has 0 heterocycles. The molecule has 4 aromatic rings. The van der Waals surface area contributed by atoms with Gasteiger partial charge in [0.05, 0.1) is 0 Å². The molecule has 0 amide bonds. The van der Waals surface area contributed by atoms with Crippen LogP contribution in [0.1, 0.15) is 58.4 Å². The molecule has 4 aromatic carbocycles. The van der Waals surface area contributed by atoms with Gasteiger partial charge >= 0.3 is 0 Å². The summed E-state index contributed by atoms with van der Waals surface area (Å²) in [4.78, 5) is 0. The molecule has 0 unspecified atom stereocenters. The zero-order valence-corrected chi connectivity index (χ0v) is 21.5. The third-order valence-corrected chi connectivity index (χ3v) is 6.39. The van der Waals surface area contributed by atoms with Crippen LogP contribution in [-0.2, 0) is 25.7 Å². The minimum absolute atomic E-state index is 0.329. The van der Waals surface area contributed by atoms with Crippen molar-refractivity contribution in [2.24, 2.45) is 0 Å². The molecule has 188 valence electrons. The highest BCUT2D eigenvalue weighted by atomic mass is 16.3. The van der Waals surface area contributed by atoms with E-state index in [9.17, 15) is 20.4 Å². The first-order chi connectivity index (χ1) is 17.2. The minimum Gasteiger partial charge on any atom is -0.508 e. The number of aromatic hydroxyl groups is 4. The third kappa shape index (κ3) is 7.05. The Morgan fingerprint density at radius 1 is 0.444 bits per heavy atom. The van der Waals surface area contributed by atoms with Crippen LogP contribution in [0.2, 0.25) is 0 Å². The van der Waals surface area contributed by atoms with E-state index in [0.29, 0.717) is 23.0 Å². The molecule has 0 radical (unpaired) electrons. The molecule has 4 heteroatoms. The summed E-state index contributed by atoms with van der Waals surface area (Å²) in [5.74, 6) is 1.39. The van der Waals surface area contributed by atoms with Gasteiger partial charge in [0.1, 0.15) is 23.0 Å². The van der Waals surface area contributed by atoms with E-state index in [4.69, 9.17) is 0 Å². The van der Waals surface area contributed by atoms with E-state index in [1.807, 2.05) is 76.2 Å². The van der Waals surface area contributed by atoms with E-state index in [1.54, 1.807) is 18.2 Å². The summed E-state index contributed by atoms with van der Waals surface area (Å²) >= 11 is 0. The van der Waals surface area contributed by atoms with E-state index in [0.717, 1.165) is 70.2 Å². The maximum Gasteiger partial charge on any atom is 0.119 e. The maximum atomic E-state index is 9.87. The van der Waals surface area contributed by atoms with E-state index in [-0.39, 0.29) is 0 Å². The first-order valence-electron chi connectivity index (χ1n) is 12.4. The Hall–Kier alpha value is -3.92. The largest absolute Gasteiger partial charge is 0.508 e. The van der Waals surface area contributed by atoms with Gasteiger partial charge < -0.3 is 20.4 Å². The number of aryl methyl sites for hydroxylation is 4. The third-order valence-electron chi connectivity index (χ3n) is 6.39. The van der Waals surface area contributed by atoms with Crippen molar-refractivity contribution in [2.75, 3.05) is 0 Å². The highest BCUT2D eigenvalue weighted by Gasteiger charge is 2.05. The first-order valence-corrected chi connectivity index (χ1v) is 12.4. The summed E-state index contributed by atoms with van der Waals surface area (Å²) in [5, 5.41) is 38.5. The molecule has 0 bridgehead atoms. The van der Waals surface area contributed by atoms with Crippen molar-refractivity contribution < 1.29 is 20.4 Å². The average molecular weight is 485 g/mol. The molecule has 4 nitrogen and oxygen atoms in total. The number of hydrogen-bond donors (Lipinski definition) is 4. The smallest absolute Gasteiger partial charge is 0.119 e. The van der Waals surface area contributed by atoms with Crippen LogP contribution in [0.4, 0.5) is 0 Å². The Balaban J connectivity index is 0.000000202. The van der Waals surface area contributed by atoms with Gasteiger partial charge in [-0.25, -0.2) is 0 Å². The Labute approximate surface area is 214 Å². The zero-order valence-electron chi connectivity index (χ0n) is 21.5. The number of rotatable bonds is 6. The van der Waals surface area contributed by atoms with E-state index >= 15 is 0 Å². The Morgan fingerprint density at radius 2 is 0.861 bits per heavy atom. The molecule has 0 fully saturated rings. The quantitative estimate of drug-likeness (QED) is 0.235. The molecule has 0 aliphatic rings. The van der Waals surface area contributed by atoms with Crippen molar-refractivity contribution in [3.05, 3.63) is 117 Å². The molecular formula is C32H36O4. The summed E-state index contributed by atoms with van der Waals surface area (Å²) < 4.78 is 0. The van der Waals surface area contributed by atoms with Crippen LogP contribution >= 0.6 is 0 Å². The molecule has 0 aliphatic carbocycles. The second-order valence-corrected chi connectivity index (χ2v) is 9.23. The van der Waals surface area contributed by atoms with Gasteiger partial charge in [-0.2, -0.15) is 0 Å². The van der Waals surface area contributed by atoms with Gasteiger partial charge in [-0.15, -0.1) is 0 Å². The van der Waals surface area contributed by atoms with Crippen LogP contribution in [0, 0.1) is 13.8 Å². The molecule has 36 heavy (non-hydrogen) atoms. The van der Waals surface area contributed by atoms with Crippen molar-refractivity contribution in [1.82, 2.24) is 0 Å². The molecule has 0 saturated carbocycles. The SMILES string of the molecule is CCc1ccc(Cc2ccc(O)c(CC)c2)cc1O.Cc1cc(Cc2ccc(O)c(C)c2)ccc1O. The summed E-state index contributed by atoms with van der Waals surface area (Å²) in [6.07, 6.45) is 3.23. The van der Waals surface area contributed by atoms with Gasteiger partial charge in [0.25, 0.3) is 0 Å². The fourth-order valence-electron chi connectivity index (χ4n) is 4.18. The molecule has 0 aromatic heterocycles. The average Bonchev–Trinajstić information content (AvgIpc) is 2.85. The van der Waals surface area contributed by atoms with E-state index in [1.165, 1.54) is 0 Å². The lowest BCUT2D eigenvalue weighted by Gasteiger charge is -2.08. The standard InChI is InChI=1S/C17H20O2.C15H16O2/c1-3-14-7-5-13(11-17(14)19)9-12-6-8-16(18)15(4-2)10-12;1-10-7-12(3-5-14(10)16)9-13-4-6-15(17)11(2)8-13/h5-8,10-11,18-19H,3-4,9H2,1-2H3;3-8,16-17H,9H2,1-2H3. The summed E-state index contributed by atoms with van der Waals surface area (Å²) in [6.45, 7) is 7.84. The van der Waals surface area contributed by atoms with Crippen LogP contribution in [0.15, 0.2) is 72.8 Å². The Morgan fingerprint density at radius 3 is 1.31 bits per heavy atom. The molecular weight excluding hydrogens is 448 g/mol. The van der Waals surface area contributed by atoms with Crippen LogP contribution in [0.5, 0.6) is 23.0 Å². The monoisotopic (exact) mass is 484 g/mol. The molecule has 0 atom stereocenters. The molecule has 0 saturated heterocycles. The lowest BCUT2D eigenvalue weighted by Crippen LogP contribution is -1.92. The first kappa shape index (κ1) is 26.7. The normalized spacial score (nSPS) is 10.6. The van der Waals surface area contributed by atoms with Gasteiger partial charge in [-0.05, 0) is 108 Å². The summed E-state index contributed by atoms with van der Waals surface area (Å²) in [7, 11) is 0. The van der Waals surface area contributed by atoms with Gasteiger partial charge in [0.15, 0.2) is 0 Å². The van der Waals surface area contributed by atoms with Crippen LogP contribution in [0.25, 0.3) is 0 Å². The summed E-state index contributed by atoms with van der Waals surface area (Å²) in [5.41, 5.74) is 8.27. The van der Waals surface area contributed by atoms with Crippen molar-refractivity contribution in [2.45, 2.75) is 53.4 Å². The summed E-state index contributed by atoms with van der Waals surface area (Å²) in [6, 6.07) is 22.8. The van der Waals surface area contributed by atoms with Gasteiger partial charge in [-0.3, -0.25) is 0 Å². The second kappa shape index (κ2) is 12.2. The van der Waals surface area contributed by atoms with E-state index in [2.05, 4.69) is 6.07 Å². The van der Waals surface area contributed by atoms with Gasteiger partial charge in [0.2, 0.25) is 0 Å². The minimum atomic E-state index is 0.329. The topological polar surface area (TPSA) is 80.9 Å². The maximum absolute atomic E-state index is 9.87. The molecule has 4 N–H and O–H groups in total. The van der Waals surface area contributed by atoms with Gasteiger partial charge in [-0.1, -0.05) is 62.4 Å². The predicted octanol–water partition coefficient (Wildman–Crippen LogP) is 7.12. The van der Waals surface area contributed by atoms with E-state index < -0.39 is 0 Å². The lowest BCUT2D eigenvalue weighted by molar-refractivity contribution is 0.467. The molecule has 0 aliphatic heterocycles. The fraction of sp³-hybridized carbons (Fsp3) is 0.250. The Bertz CT molecular complexity index is 1270. The number of benzene rings is 4. The second-order valence-electron chi connectivity index (χ2n) is 9.23. The van der Waals surface area contributed by atoms with Crippen LogP contribution in [-0.4, -0.2) is 20.4 Å². The highest BCUT2D eigenvalue weighted by Crippen LogP contribution is 2.24.